The van der Waals surface area contributed by atoms with Gasteiger partial charge in [-0.1, -0.05) is 26.0 Å². The average molecular weight is 356 g/mol. The van der Waals surface area contributed by atoms with Crippen LogP contribution in [0.15, 0.2) is 29.2 Å². The number of carbonyl (C=O) groups excluding carboxylic acids is 2. The summed E-state index contributed by atoms with van der Waals surface area (Å²) in [6, 6.07) is 6.01. The van der Waals surface area contributed by atoms with Crippen LogP contribution in [-0.2, 0) is 30.9 Å². The molecule has 0 heterocycles. The van der Waals surface area contributed by atoms with E-state index in [4.69, 9.17) is 5.14 Å². The lowest BCUT2D eigenvalue weighted by molar-refractivity contribution is -0.142. The molecule has 1 aromatic rings. The molecule has 0 fully saturated rings. The lowest BCUT2D eigenvalue weighted by atomic mass is 10.1. The summed E-state index contributed by atoms with van der Waals surface area (Å²) in [4.78, 5) is 25.3. The molecule has 0 spiro atoms. The summed E-state index contributed by atoms with van der Waals surface area (Å²) >= 11 is 0. The van der Waals surface area contributed by atoms with Crippen LogP contribution in [0.3, 0.4) is 0 Å². The van der Waals surface area contributed by atoms with Gasteiger partial charge in [-0.05, 0) is 23.6 Å². The fourth-order valence-electron chi connectivity index (χ4n) is 2.10. The Morgan fingerprint density at radius 2 is 1.79 bits per heavy atom. The van der Waals surface area contributed by atoms with Gasteiger partial charge in [-0.25, -0.2) is 13.6 Å². The Morgan fingerprint density at radius 3 is 2.25 bits per heavy atom. The number of carbonyl (C=O) groups is 2. The molecule has 24 heavy (non-hydrogen) atoms. The standard InChI is InChI=1S/C16H24N2O5S/c1-12(2)10-15(19)18(9-8-16(20)23-3)11-13-4-6-14(7-5-13)24(17,21)22/h4-7,12H,8-11H2,1-3H3,(H2,17,21,22). The number of esters is 1. The maximum absolute atomic E-state index is 12.3. The quantitative estimate of drug-likeness (QED) is 0.706. The van der Waals surface area contributed by atoms with Crippen molar-refractivity contribution in [3.63, 3.8) is 0 Å². The van der Waals surface area contributed by atoms with Crippen LogP contribution < -0.4 is 5.14 Å². The first-order valence-corrected chi connectivity index (χ1v) is 9.14. The maximum atomic E-state index is 12.3. The highest BCUT2D eigenvalue weighted by Crippen LogP contribution is 2.13. The van der Waals surface area contributed by atoms with Gasteiger partial charge >= 0.3 is 5.97 Å². The minimum Gasteiger partial charge on any atom is -0.469 e. The van der Waals surface area contributed by atoms with E-state index in [2.05, 4.69) is 4.74 Å². The molecule has 2 N–H and O–H groups in total. The molecule has 0 atom stereocenters. The molecular formula is C16H24N2O5S. The zero-order valence-corrected chi connectivity index (χ0v) is 15.0. The predicted molar refractivity (Wildman–Crippen MR) is 89.3 cm³/mol. The largest absolute Gasteiger partial charge is 0.469 e. The van der Waals surface area contributed by atoms with Gasteiger partial charge < -0.3 is 9.64 Å². The van der Waals surface area contributed by atoms with Crippen LogP contribution in [0, 0.1) is 5.92 Å². The Labute approximate surface area is 142 Å². The molecule has 0 radical (unpaired) electrons. The smallest absolute Gasteiger partial charge is 0.307 e. The molecule has 0 aliphatic heterocycles. The average Bonchev–Trinajstić information content (AvgIpc) is 2.49. The number of nitrogens with zero attached hydrogens (tertiary/aromatic N) is 1. The van der Waals surface area contributed by atoms with Gasteiger partial charge in [-0.15, -0.1) is 0 Å². The molecule has 1 aromatic carbocycles. The van der Waals surface area contributed by atoms with E-state index < -0.39 is 10.0 Å². The maximum Gasteiger partial charge on any atom is 0.307 e. The number of benzene rings is 1. The summed E-state index contributed by atoms with van der Waals surface area (Å²) in [6.07, 6.45) is 0.478. The predicted octanol–water partition coefficient (Wildman–Crippen LogP) is 1.27. The van der Waals surface area contributed by atoms with E-state index in [0.717, 1.165) is 5.56 Å². The molecule has 1 rings (SSSR count). The van der Waals surface area contributed by atoms with Gasteiger partial charge in [0.2, 0.25) is 15.9 Å². The second-order valence-electron chi connectivity index (χ2n) is 5.93. The summed E-state index contributed by atoms with van der Waals surface area (Å²) in [5.41, 5.74) is 0.754. The molecule has 8 heteroatoms. The Morgan fingerprint density at radius 1 is 1.21 bits per heavy atom. The van der Waals surface area contributed by atoms with E-state index >= 15 is 0 Å². The van der Waals surface area contributed by atoms with Gasteiger partial charge in [0.15, 0.2) is 0 Å². The van der Waals surface area contributed by atoms with Crippen molar-refractivity contribution in [1.29, 1.82) is 0 Å². The third-order valence-corrected chi connectivity index (χ3v) is 4.30. The summed E-state index contributed by atoms with van der Waals surface area (Å²) in [5.74, 6) is -0.255. The summed E-state index contributed by atoms with van der Waals surface area (Å²) in [7, 11) is -2.45. The Hall–Kier alpha value is -1.93. The van der Waals surface area contributed by atoms with Gasteiger partial charge in [0.05, 0.1) is 18.4 Å². The minimum absolute atomic E-state index is 0.0147. The fourth-order valence-corrected chi connectivity index (χ4v) is 2.62. The van der Waals surface area contributed by atoms with Crippen LogP contribution in [0.5, 0.6) is 0 Å². The molecule has 0 aromatic heterocycles. The second kappa shape index (κ2) is 8.79. The van der Waals surface area contributed by atoms with Gasteiger partial charge in [-0.2, -0.15) is 0 Å². The number of amides is 1. The summed E-state index contributed by atoms with van der Waals surface area (Å²) in [5, 5.41) is 5.06. The first-order valence-electron chi connectivity index (χ1n) is 7.59. The molecule has 7 nitrogen and oxygen atoms in total. The number of methoxy groups -OCH3 is 1. The first-order chi connectivity index (χ1) is 11.1. The number of nitrogens with two attached hydrogens (primary N) is 1. The van der Waals surface area contributed by atoms with Crippen LogP contribution in [0.1, 0.15) is 32.3 Å². The SMILES string of the molecule is COC(=O)CCN(Cc1ccc(S(N)(=O)=O)cc1)C(=O)CC(C)C. The van der Waals surface area contributed by atoms with Crippen LogP contribution in [0.4, 0.5) is 0 Å². The lowest BCUT2D eigenvalue weighted by Gasteiger charge is -2.23. The number of sulfonamides is 1. The number of primary sulfonamides is 1. The molecule has 0 aliphatic rings. The molecule has 134 valence electrons. The highest BCUT2D eigenvalue weighted by atomic mass is 32.2. The van der Waals surface area contributed by atoms with Crippen molar-refractivity contribution < 1.29 is 22.7 Å². The van der Waals surface area contributed by atoms with Gasteiger partial charge in [-0.3, -0.25) is 9.59 Å². The van der Waals surface area contributed by atoms with Crippen LogP contribution >= 0.6 is 0 Å². The number of rotatable bonds is 8. The molecule has 0 aliphatic carbocycles. The monoisotopic (exact) mass is 356 g/mol. The highest BCUT2D eigenvalue weighted by Gasteiger charge is 2.17. The summed E-state index contributed by atoms with van der Waals surface area (Å²) < 4.78 is 27.1. The number of hydrogen-bond donors (Lipinski definition) is 1. The van der Waals surface area contributed by atoms with E-state index in [9.17, 15) is 18.0 Å². The van der Waals surface area contributed by atoms with Crippen molar-refractivity contribution in [3.8, 4) is 0 Å². The van der Waals surface area contributed by atoms with Crippen molar-refractivity contribution in [1.82, 2.24) is 4.90 Å². The normalized spacial score (nSPS) is 11.4. The van der Waals surface area contributed by atoms with Gasteiger partial charge in [0, 0.05) is 19.5 Å². The van der Waals surface area contributed by atoms with Gasteiger partial charge in [0.1, 0.15) is 0 Å². The van der Waals surface area contributed by atoms with Crippen molar-refractivity contribution in [2.24, 2.45) is 11.1 Å². The van der Waals surface area contributed by atoms with Crippen LogP contribution in [0.25, 0.3) is 0 Å². The topological polar surface area (TPSA) is 107 Å². The van der Waals surface area contributed by atoms with E-state index in [1.807, 2.05) is 13.8 Å². The third-order valence-electron chi connectivity index (χ3n) is 3.37. The van der Waals surface area contributed by atoms with Crippen molar-refractivity contribution in [2.75, 3.05) is 13.7 Å². The van der Waals surface area contributed by atoms with E-state index in [0.29, 0.717) is 6.42 Å². The van der Waals surface area contributed by atoms with Crippen LogP contribution in [0.2, 0.25) is 0 Å². The number of hydrogen-bond acceptors (Lipinski definition) is 5. The lowest BCUT2D eigenvalue weighted by Crippen LogP contribution is -2.33. The Bertz CT molecular complexity index is 668. The minimum atomic E-state index is -3.75. The Balaban J connectivity index is 2.86. The van der Waals surface area contributed by atoms with E-state index in [1.54, 1.807) is 17.0 Å². The first kappa shape index (κ1) is 20.1. The van der Waals surface area contributed by atoms with Crippen molar-refractivity contribution in [2.45, 2.75) is 38.1 Å². The van der Waals surface area contributed by atoms with E-state index in [1.165, 1.54) is 19.2 Å². The molecule has 0 saturated heterocycles. The Kier molecular flexibility index (Phi) is 7.37. The van der Waals surface area contributed by atoms with Crippen LogP contribution in [-0.4, -0.2) is 38.8 Å². The fraction of sp³-hybridized carbons (Fsp3) is 0.500. The highest BCUT2D eigenvalue weighted by molar-refractivity contribution is 7.89. The molecule has 0 unspecified atom stereocenters. The second-order valence-corrected chi connectivity index (χ2v) is 7.49. The third kappa shape index (κ3) is 6.67. The zero-order chi connectivity index (χ0) is 18.3. The van der Waals surface area contributed by atoms with Crippen molar-refractivity contribution in [3.05, 3.63) is 29.8 Å². The van der Waals surface area contributed by atoms with Crippen molar-refractivity contribution >= 4 is 21.9 Å². The zero-order valence-electron chi connectivity index (χ0n) is 14.2. The van der Waals surface area contributed by atoms with Gasteiger partial charge in [0.25, 0.3) is 0 Å². The molecular weight excluding hydrogens is 332 g/mol. The number of ether oxygens (including phenoxy) is 1. The molecule has 0 saturated carbocycles. The molecule has 0 bridgehead atoms. The van der Waals surface area contributed by atoms with E-state index in [-0.39, 0.29) is 42.2 Å². The summed E-state index contributed by atoms with van der Waals surface area (Å²) in [6.45, 7) is 4.41. The molecule has 1 amide bonds.